The Morgan fingerprint density at radius 3 is 2.00 bits per heavy atom. The van der Waals surface area contributed by atoms with Gasteiger partial charge in [0.05, 0.1) is 6.61 Å². The maximum atomic E-state index is 12.7. The van der Waals surface area contributed by atoms with Crippen molar-refractivity contribution < 1.29 is 9.09 Å². The minimum Gasteiger partial charge on any atom is -0.307 e. The summed E-state index contributed by atoms with van der Waals surface area (Å²) in [4.78, 5) is 0. The third-order valence-corrected chi connectivity index (χ3v) is 5.90. The molecule has 0 aliphatic rings. The molecule has 0 radical (unpaired) electrons. The van der Waals surface area contributed by atoms with Crippen molar-refractivity contribution in [3.8, 4) is 5.81 Å². The minimum atomic E-state index is -3.31. The number of rotatable bonds is 14. The predicted molar refractivity (Wildman–Crippen MR) is 93.9 cm³/mol. The maximum absolute atomic E-state index is 12.7. The van der Waals surface area contributed by atoms with Crippen molar-refractivity contribution in [1.82, 2.24) is 4.67 Å². The largest absolute Gasteiger partial charge is 0.371 e. The molecule has 0 N–H and O–H groups in total. The molecule has 0 aromatic heterocycles. The summed E-state index contributed by atoms with van der Waals surface area (Å²) in [6.45, 7) is 9.23. The SMILES string of the molecule is CCCCCCCCCCOP(=O)(C#N)N(CCC)C(C)C. The quantitative estimate of drug-likeness (QED) is 0.292. The van der Waals surface area contributed by atoms with Crippen LogP contribution in [0.5, 0.6) is 0 Å². The van der Waals surface area contributed by atoms with Crippen molar-refractivity contribution in [3.05, 3.63) is 0 Å². The highest BCUT2D eigenvalue weighted by Crippen LogP contribution is 2.51. The molecule has 1 unspecified atom stereocenters. The molecule has 0 aliphatic heterocycles. The first-order valence-electron chi connectivity index (χ1n) is 8.94. The van der Waals surface area contributed by atoms with Crippen LogP contribution in [0.2, 0.25) is 0 Å². The lowest BCUT2D eigenvalue weighted by atomic mass is 10.1. The van der Waals surface area contributed by atoms with Gasteiger partial charge in [0.1, 0.15) is 0 Å². The van der Waals surface area contributed by atoms with Gasteiger partial charge >= 0.3 is 7.52 Å². The molecule has 0 amide bonds. The van der Waals surface area contributed by atoms with Gasteiger partial charge in [-0.2, -0.15) is 5.26 Å². The van der Waals surface area contributed by atoms with Crippen molar-refractivity contribution in [2.75, 3.05) is 13.2 Å². The number of unbranched alkanes of at least 4 members (excludes halogenated alkanes) is 7. The molecule has 0 bridgehead atoms. The van der Waals surface area contributed by atoms with Crippen molar-refractivity contribution in [3.63, 3.8) is 0 Å². The zero-order valence-electron chi connectivity index (χ0n) is 15.0. The molecule has 0 aromatic rings. The second kappa shape index (κ2) is 13.1. The molecule has 0 fully saturated rings. The van der Waals surface area contributed by atoms with E-state index in [1.807, 2.05) is 26.6 Å². The number of hydrogen-bond acceptors (Lipinski definition) is 3. The smallest absolute Gasteiger partial charge is 0.307 e. The van der Waals surface area contributed by atoms with E-state index in [9.17, 15) is 9.83 Å². The number of nitrogens with zero attached hydrogens (tertiary/aromatic N) is 2. The molecule has 0 spiro atoms. The van der Waals surface area contributed by atoms with Gasteiger partial charge in [0.25, 0.3) is 0 Å². The molecule has 5 heteroatoms. The van der Waals surface area contributed by atoms with Crippen LogP contribution in [0.15, 0.2) is 0 Å². The summed E-state index contributed by atoms with van der Waals surface area (Å²) < 4.78 is 19.9. The van der Waals surface area contributed by atoms with Crippen molar-refractivity contribution >= 4 is 7.52 Å². The van der Waals surface area contributed by atoms with E-state index in [2.05, 4.69) is 6.92 Å². The van der Waals surface area contributed by atoms with Crippen molar-refractivity contribution in [1.29, 1.82) is 5.26 Å². The summed E-state index contributed by atoms with van der Waals surface area (Å²) in [5.74, 6) is 1.93. The fourth-order valence-electron chi connectivity index (χ4n) is 2.51. The standard InChI is InChI=1S/C17H35N2O2P/c1-5-7-8-9-10-11-12-13-15-21-22(20,16-18)19(14-6-2)17(3)4/h17H,5-15H2,1-4H3. The van der Waals surface area contributed by atoms with Gasteiger partial charge in [-0.05, 0) is 26.7 Å². The topological polar surface area (TPSA) is 53.3 Å². The second-order valence-electron chi connectivity index (χ2n) is 6.19. The van der Waals surface area contributed by atoms with Crippen molar-refractivity contribution in [2.45, 2.75) is 91.5 Å². The van der Waals surface area contributed by atoms with Gasteiger partial charge in [-0.25, -0.2) is 4.67 Å². The average molecular weight is 330 g/mol. The Morgan fingerprint density at radius 2 is 1.55 bits per heavy atom. The van der Waals surface area contributed by atoms with E-state index in [0.717, 1.165) is 19.3 Å². The zero-order chi connectivity index (χ0) is 16.8. The Bertz CT molecular complexity index is 353. The van der Waals surface area contributed by atoms with E-state index in [4.69, 9.17) is 4.52 Å². The van der Waals surface area contributed by atoms with Crippen molar-refractivity contribution in [2.24, 2.45) is 0 Å². The lowest BCUT2D eigenvalue weighted by molar-refractivity contribution is 0.242. The summed E-state index contributed by atoms with van der Waals surface area (Å²) in [5.41, 5.74) is 0. The van der Waals surface area contributed by atoms with Crippen LogP contribution in [-0.4, -0.2) is 23.9 Å². The predicted octanol–water partition coefficient (Wildman–Crippen LogP) is 5.94. The van der Waals surface area contributed by atoms with Crippen LogP contribution >= 0.6 is 7.52 Å². The monoisotopic (exact) mass is 330 g/mol. The maximum Gasteiger partial charge on any atom is 0.371 e. The molecule has 22 heavy (non-hydrogen) atoms. The van der Waals surface area contributed by atoms with Crippen LogP contribution in [0.3, 0.4) is 0 Å². The molecule has 4 nitrogen and oxygen atoms in total. The molecule has 0 saturated carbocycles. The molecule has 0 aliphatic carbocycles. The van der Waals surface area contributed by atoms with E-state index in [0.29, 0.717) is 13.2 Å². The molecule has 0 heterocycles. The fraction of sp³-hybridized carbons (Fsp3) is 0.941. The van der Waals surface area contributed by atoms with Crippen LogP contribution < -0.4 is 0 Å². The Hall–Kier alpha value is -0.360. The lowest BCUT2D eigenvalue weighted by Crippen LogP contribution is -2.29. The van der Waals surface area contributed by atoms with Crippen LogP contribution in [0, 0.1) is 11.1 Å². The molecule has 0 saturated heterocycles. The van der Waals surface area contributed by atoms with Crippen LogP contribution in [0.4, 0.5) is 0 Å². The fourth-order valence-corrected chi connectivity index (χ4v) is 4.28. The Kier molecular flexibility index (Phi) is 12.9. The average Bonchev–Trinajstić information content (AvgIpc) is 2.50. The van der Waals surface area contributed by atoms with E-state index < -0.39 is 7.52 Å². The van der Waals surface area contributed by atoms with E-state index in [1.54, 1.807) is 4.67 Å². The molecule has 130 valence electrons. The summed E-state index contributed by atoms with van der Waals surface area (Å²) in [5, 5.41) is 9.27. The number of hydrogen-bond donors (Lipinski definition) is 0. The second-order valence-corrected chi connectivity index (χ2v) is 8.20. The van der Waals surface area contributed by atoms with Gasteiger partial charge in [0.15, 0.2) is 5.81 Å². The lowest BCUT2D eigenvalue weighted by Gasteiger charge is -2.29. The van der Waals surface area contributed by atoms with Gasteiger partial charge in [-0.1, -0.05) is 58.8 Å². The Labute approximate surface area is 137 Å². The van der Waals surface area contributed by atoms with E-state index >= 15 is 0 Å². The third-order valence-electron chi connectivity index (χ3n) is 3.78. The highest BCUT2D eigenvalue weighted by Gasteiger charge is 2.33. The molecule has 0 rings (SSSR count). The highest BCUT2D eigenvalue weighted by molar-refractivity contribution is 7.61. The first-order chi connectivity index (χ1) is 10.5. The van der Waals surface area contributed by atoms with Crippen LogP contribution in [-0.2, 0) is 9.09 Å². The van der Waals surface area contributed by atoms with Gasteiger partial charge < -0.3 is 4.52 Å². The minimum absolute atomic E-state index is 0.0593. The summed E-state index contributed by atoms with van der Waals surface area (Å²) >= 11 is 0. The highest BCUT2D eigenvalue weighted by atomic mass is 31.2. The first-order valence-corrected chi connectivity index (χ1v) is 10.5. The molecule has 1 atom stereocenters. The number of nitriles is 1. The van der Waals surface area contributed by atoms with Gasteiger partial charge in [0.2, 0.25) is 0 Å². The summed E-state index contributed by atoms with van der Waals surface area (Å²) in [6.07, 6.45) is 10.6. The van der Waals surface area contributed by atoms with Crippen LogP contribution in [0.25, 0.3) is 0 Å². The molecular formula is C17H35N2O2P. The Morgan fingerprint density at radius 1 is 1.00 bits per heavy atom. The third kappa shape index (κ3) is 8.93. The van der Waals surface area contributed by atoms with Crippen LogP contribution in [0.1, 0.15) is 85.5 Å². The molecular weight excluding hydrogens is 295 g/mol. The van der Waals surface area contributed by atoms with E-state index in [1.165, 1.54) is 38.5 Å². The van der Waals surface area contributed by atoms with Gasteiger partial charge in [-0.15, -0.1) is 0 Å². The van der Waals surface area contributed by atoms with Gasteiger partial charge in [0, 0.05) is 12.6 Å². The molecule has 0 aromatic carbocycles. The zero-order valence-corrected chi connectivity index (χ0v) is 15.9. The summed E-state index contributed by atoms with van der Waals surface area (Å²) in [6, 6.07) is 0.0593. The first kappa shape index (κ1) is 21.6. The summed E-state index contributed by atoms with van der Waals surface area (Å²) in [7, 11) is -3.31. The normalized spacial score (nSPS) is 14.2. The van der Waals surface area contributed by atoms with Gasteiger partial charge in [-0.3, -0.25) is 4.57 Å². The Balaban J connectivity index is 3.99. The van der Waals surface area contributed by atoms with E-state index in [-0.39, 0.29) is 6.04 Å².